The van der Waals surface area contributed by atoms with Crippen LogP contribution in [0, 0.1) is 10.1 Å². The van der Waals surface area contributed by atoms with E-state index in [9.17, 15) is 24.8 Å². The molecular weight excluding hydrogens is 366 g/mol. The lowest BCUT2D eigenvalue weighted by atomic mass is 9.94. The first-order valence-electron chi connectivity index (χ1n) is 8.33. The number of ether oxygens (including phenoxy) is 1. The summed E-state index contributed by atoms with van der Waals surface area (Å²) in [4.78, 5) is 35.1. The fraction of sp³-hybridized carbons (Fsp3) is 0.158. The van der Waals surface area contributed by atoms with Crippen LogP contribution in [0.1, 0.15) is 24.1 Å². The van der Waals surface area contributed by atoms with E-state index in [0.717, 1.165) is 23.8 Å². The van der Waals surface area contributed by atoms with Gasteiger partial charge in [0, 0.05) is 23.4 Å². The van der Waals surface area contributed by atoms with E-state index in [1.54, 1.807) is 24.3 Å². The van der Waals surface area contributed by atoms with Crippen molar-refractivity contribution < 1.29 is 24.4 Å². The molecule has 0 spiro atoms. The molecule has 0 aromatic heterocycles. The van der Waals surface area contributed by atoms with Crippen molar-refractivity contribution in [2.45, 2.75) is 19.6 Å². The van der Waals surface area contributed by atoms with Crippen LogP contribution in [-0.4, -0.2) is 22.0 Å². The Bertz CT molecular complexity index is 971. The van der Waals surface area contributed by atoms with Crippen molar-refractivity contribution >= 4 is 17.7 Å². The maximum Gasteiger partial charge on any atom is 0.338 e. The second-order valence-corrected chi connectivity index (χ2v) is 6.13. The van der Waals surface area contributed by atoms with Gasteiger partial charge < -0.3 is 20.5 Å². The van der Waals surface area contributed by atoms with Crippen molar-refractivity contribution in [2.24, 2.45) is 0 Å². The summed E-state index contributed by atoms with van der Waals surface area (Å²) >= 11 is 0. The number of esters is 1. The van der Waals surface area contributed by atoms with Crippen LogP contribution >= 0.6 is 0 Å². The van der Waals surface area contributed by atoms with Gasteiger partial charge in [-0.25, -0.2) is 9.59 Å². The molecule has 1 heterocycles. The summed E-state index contributed by atoms with van der Waals surface area (Å²) in [5, 5.41) is 26.2. The van der Waals surface area contributed by atoms with Gasteiger partial charge in [-0.05, 0) is 18.6 Å². The van der Waals surface area contributed by atoms with Gasteiger partial charge in [0.05, 0.1) is 16.5 Å². The molecule has 0 fully saturated rings. The second-order valence-electron chi connectivity index (χ2n) is 6.13. The Balaban J connectivity index is 1.94. The molecule has 0 bridgehead atoms. The lowest BCUT2D eigenvalue weighted by Crippen LogP contribution is -2.45. The monoisotopic (exact) mass is 383 g/mol. The summed E-state index contributed by atoms with van der Waals surface area (Å²) in [6, 6.07) is 10.7. The predicted octanol–water partition coefficient (Wildman–Crippen LogP) is 2.67. The SMILES string of the molecule is CC1=C(C(=O)OCc2ccccc2)C(c2cc([N+](=O)[O-])ccc2O)NC(=O)N1. The van der Waals surface area contributed by atoms with Crippen LogP contribution in [0.15, 0.2) is 59.8 Å². The smallest absolute Gasteiger partial charge is 0.338 e. The Kier molecular flexibility index (Phi) is 5.25. The first-order valence-corrected chi connectivity index (χ1v) is 8.33. The van der Waals surface area contributed by atoms with Crippen molar-refractivity contribution in [2.75, 3.05) is 0 Å². The highest BCUT2D eigenvalue weighted by Crippen LogP contribution is 2.35. The molecule has 144 valence electrons. The summed E-state index contributed by atoms with van der Waals surface area (Å²) in [7, 11) is 0. The van der Waals surface area contributed by atoms with Gasteiger partial charge in [0.1, 0.15) is 12.4 Å². The second kappa shape index (κ2) is 7.78. The molecule has 28 heavy (non-hydrogen) atoms. The molecule has 1 aliphatic rings. The average Bonchev–Trinajstić information content (AvgIpc) is 2.66. The largest absolute Gasteiger partial charge is 0.508 e. The molecule has 0 aliphatic carbocycles. The third kappa shape index (κ3) is 3.93. The Hall–Kier alpha value is -3.88. The summed E-state index contributed by atoms with van der Waals surface area (Å²) < 4.78 is 5.34. The molecule has 2 aromatic carbocycles. The van der Waals surface area contributed by atoms with Gasteiger partial charge in [0.2, 0.25) is 0 Å². The Morgan fingerprint density at radius 1 is 1.25 bits per heavy atom. The minimum atomic E-state index is -1.10. The van der Waals surface area contributed by atoms with E-state index in [4.69, 9.17) is 4.74 Å². The van der Waals surface area contributed by atoms with Crippen LogP contribution in [0.3, 0.4) is 0 Å². The molecule has 1 atom stereocenters. The molecule has 2 amide bonds. The number of carbonyl (C=O) groups excluding carboxylic acids is 2. The zero-order chi connectivity index (χ0) is 20.3. The fourth-order valence-corrected chi connectivity index (χ4v) is 2.89. The minimum Gasteiger partial charge on any atom is -0.508 e. The summed E-state index contributed by atoms with van der Waals surface area (Å²) in [5.74, 6) is -1.01. The number of rotatable bonds is 5. The highest BCUT2D eigenvalue weighted by atomic mass is 16.6. The van der Waals surface area contributed by atoms with Gasteiger partial charge in [-0.3, -0.25) is 10.1 Å². The molecule has 9 nitrogen and oxygen atoms in total. The van der Waals surface area contributed by atoms with E-state index in [-0.39, 0.29) is 34.9 Å². The lowest BCUT2D eigenvalue weighted by molar-refractivity contribution is -0.385. The standard InChI is InChI=1S/C19H17N3O6/c1-11-16(18(24)28-10-12-5-3-2-4-6-12)17(21-19(25)20-11)14-9-13(22(26)27)7-8-15(14)23/h2-9,17,23H,10H2,1H3,(H2,20,21,25). The van der Waals surface area contributed by atoms with E-state index in [1.165, 1.54) is 6.92 Å². The van der Waals surface area contributed by atoms with Crippen LogP contribution in [-0.2, 0) is 16.1 Å². The van der Waals surface area contributed by atoms with Crippen molar-refractivity contribution in [3.63, 3.8) is 0 Å². The molecule has 9 heteroatoms. The zero-order valence-electron chi connectivity index (χ0n) is 14.8. The number of nitrogens with one attached hydrogen (secondary N) is 2. The van der Waals surface area contributed by atoms with Crippen molar-refractivity contribution in [1.29, 1.82) is 0 Å². The minimum absolute atomic E-state index is 0.0119. The van der Waals surface area contributed by atoms with Crippen LogP contribution < -0.4 is 10.6 Å². The number of nitrogens with zero attached hydrogens (tertiary/aromatic N) is 1. The number of aromatic hydroxyl groups is 1. The Morgan fingerprint density at radius 2 is 1.96 bits per heavy atom. The third-order valence-corrected chi connectivity index (χ3v) is 4.23. The molecule has 2 aromatic rings. The fourth-order valence-electron chi connectivity index (χ4n) is 2.89. The maximum atomic E-state index is 12.7. The molecule has 1 aliphatic heterocycles. The molecular formula is C19H17N3O6. The topological polar surface area (TPSA) is 131 Å². The van der Waals surface area contributed by atoms with Crippen LogP contribution in [0.25, 0.3) is 0 Å². The van der Waals surface area contributed by atoms with E-state index < -0.39 is 23.0 Å². The van der Waals surface area contributed by atoms with E-state index in [1.807, 2.05) is 6.07 Å². The summed E-state index contributed by atoms with van der Waals surface area (Å²) in [5.41, 5.74) is 0.797. The van der Waals surface area contributed by atoms with Crippen LogP contribution in [0.2, 0.25) is 0 Å². The van der Waals surface area contributed by atoms with Gasteiger partial charge >= 0.3 is 12.0 Å². The molecule has 0 saturated carbocycles. The number of benzene rings is 2. The highest BCUT2D eigenvalue weighted by Gasteiger charge is 2.34. The number of urea groups is 1. The quantitative estimate of drug-likeness (QED) is 0.413. The molecule has 3 N–H and O–H groups in total. The van der Waals surface area contributed by atoms with Crippen molar-refractivity contribution in [3.05, 3.63) is 81.0 Å². The number of hydrogen-bond donors (Lipinski definition) is 3. The first kappa shape index (κ1) is 18.9. The number of phenolic OH excluding ortho intramolecular Hbond substituents is 1. The Labute approximate surface area is 159 Å². The molecule has 0 saturated heterocycles. The van der Waals surface area contributed by atoms with Gasteiger partial charge in [0.15, 0.2) is 0 Å². The first-order chi connectivity index (χ1) is 13.4. The van der Waals surface area contributed by atoms with Crippen molar-refractivity contribution in [1.82, 2.24) is 10.6 Å². The number of amides is 2. The maximum absolute atomic E-state index is 12.7. The van der Waals surface area contributed by atoms with Crippen LogP contribution in [0.4, 0.5) is 10.5 Å². The summed E-state index contributed by atoms with van der Waals surface area (Å²) in [6.45, 7) is 1.53. The van der Waals surface area contributed by atoms with Gasteiger partial charge in [-0.15, -0.1) is 0 Å². The number of hydrogen-bond acceptors (Lipinski definition) is 6. The van der Waals surface area contributed by atoms with Crippen LogP contribution in [0.5, 0.6) is 5.75 Å². The lowest BCUT2D eigenvalue weighted by Gasteiger charge is -2.28. The van der Waals surface area contributed by atoms with E-state index >= 15 is 0 Å². The van der Waals surface area contributed by atoms with E-state index in [0.29, 0.717) is 0 Å². The average molecular weight is 383 g/mol. The zero-order valence-corrected chi connectivity index (χ0v) is 14.8. The van der Waals surface area contributed by atoms with Gasteiger partial charge in [-0.2, -0.15) is 0 Å². The highest BCUT2D eigenvalue weighted by molar-refractivity contribution is 5.95. The van der Waals surface area contributed by atoms with Crippen molar-refractivity contribution in [3.8, 4) is 5.75 Å². The number of nitro benzene ring substituents is 1. The number of allylic oxidation sites excluding steroid dienone is 1. The molecule has 1 unspecified atom stereocenters. The number of nitro groups is 1. The number of phenols is 1. The van der Waals surface area contributed by atoms with Gasteiger partial charge in [0.25, 0.3) is 5.69 Å². The van der Waals surface area contributed by atoms with E-state index in [2.05, 4.69) is 10.6 Å². The predicted molar refractivity (Wildman–Crippen MR) is 98.1 cm³/mol. The molecule has 3 rings (SSSR count). The summed E-state index contributed by atoms with van der Waals surface area (Å²) in [6.07, 6.45) is 0. The molecule has 0 radical (unpaired) electrons. The number of non-ortho nitro benzene ring substituents is 1. The third-order valence-electron chi connectivity index (χ3n) is 4.23. The van der Waals surface area contributed by atoms with Gasteiger partial charge in [-0.1, -0.05) is 30.3 Å². The number of carbonyl (C=O) groups is 2. The Morgan fingerprint density at radius 3 is 2.64 bits per heavy atom. The normalized spacial score (nSPS) is 16.2.